The summed E-state index contributed by atoms with van der Waals surface area (Å²) in [6, 6.07) is -1.05. The molecule has 2 N–H and O–H groups in total. The molecule has 0 spiro atoms. The molecular formula is C10H21NO4S. The molecule has 0 aliphatic heterocycles. The summed E-state index contributed by atoms with van der Waals surface area (Å²) in [7, 11) is -3.51. The predicted octanol–water partition coefficient (Wildman–Crippen LogP) is 1.06. The summed E-state index contributed by atoms with van der Waals surface area (Å²) in [6.07, 6.45) is 0.750. The van der Waals surface area contributed by atoms with Gasteiger partial charge in [0, 0.05) is 0 Å². The van der Waals surface area contributed by atoms with Crippen LogP contribution in [0.4, 0.5) is 0 Å². The summed E-state index contributed by atoms with van der Waals surface area (Å²) in [5.41, 5.74) is 0. The minimum absolute atomic E-state index is 0.0270. The van der Waals surface area contributed by atoms with Crippen molar-refractivity contribution in [2.75, 3.05) is 5.75 Å². The lowest BCUT2D eigenvalue weighted by Crippen LogP contribution is -2.45. The van der Waals surface area contributed by atoms with Gasteiger partial charge in [0.1, 0.15) is 6.04 Å². The summed E-state index contributed by atoms with van der Waals surface area (Å²) in [4.78, 5) is 10.8. The van der Waals surface area contributed by atoms with Gasteiger partial charge in [-0.05, 0) is 11.8 Å². The quantitative estimate of drug-likeness (QED) is 0.708. The first kappa shape index (κ1) is 15.4. The van der Waals surface area contributed by atoms with Crippen LogP contribution in [0, 0.1) is 11.8 Å². The Balaban J connectivity index is 4.61. The highest BCUT2D eigenvalue weighted by molar-refractivity contribution is 7.89. The van der Waals surface area contributed by atoms with Crippen molar-refractivity contribution in [2.24, 2.45) is 11.8 Å². The maximum atomic E-state index is 11.6. The third kappa shape index (κ3) is 5.46. The largest absolute Gasteiger partial charge is 0.480 e. The van der Waals surface area contributed by atoms with Crippen LogP contribution in [-0.4, -0.2) is 31.3 Å². The summed E-state index contributed by atoms with van der Waals surface area (Å²) in [6.45, 7) is 7.07. The van der Waals surface area contributed by atoms with Crippen LogP contribution in [0.3, 0.4) is 0 Å². The summed E-state index contributed by atoms with van der Waals surface area (Å²) < 4.78 is 25.5. The van der Waals surface area contributed by atoms with Gasteiger partial charge in [-0.3, -0.25) is 4.79 Å². The van der Waals surface area contributed by atoms with Crippen LogP contribution in [-0.2, 0) is 14.8 Å². The first-order chi connectivity index (χ1) is 7.19. The monoisotopic (exact) mass is 251 g/mol. The molecule has 0 rings (SSSR count). The van der Waals surface area contributed by atoms with Gasteiger partial charge in [-0.2, -0.15) is 0 Å². The molecular weight excluding hydrogens is 230 g/mol. The lowest BCUT2D eigenvalue weighted by Gasteiger charge is -2.19. The zero-order chi connectivity index (χ0) is 12.9. The molecule has 96 valence electrons. The molecule has 0 aromatic rings. The number of rotatable bonds is 7. The Morgan fingerprint density at radius 3 is 2.12 bits per heavy atom. The molecule has 0 saturated carbocycles. The van der Waals surface area contributed by atoms with Gasteiger partial charge in [0.2, 0.25) is 10.0 Å². The fourth-order valence-electron chi connectivity index (χ4n) is 1.21. The number of carbonyl (C=O) groups is 1. The molecule has 0 aromatic heterocycles. The number of carboxylic acid groups (broad SMARTS) is 1. The Bertz CT molecular complexity index is 324. The molecule has 0 amide bonds. The molecule has 0 saturated heterocycles. The van der Waals surface area contributed by atoms with Crippen molar-refractivity contribution in [3.8, 4) is 0 Å². The molecule has 2 atom stereocenters. The lowest BCUT2D eigenvalue weighted by molar-refractivity contribution is -0.140. The molecule has 0 bridgehead atoms. The second kappa shape index (κ2) is 6.20. The zero-order valence-electron chi connectivity index (χ0n) is 10.2. The van der Waals surface area contributed by atoms with Crippen LogP contribution in [0.15, 0.2) is 0 Å². The highest BCUT2D eigenvalue weighted by atomic mass is 32.2. The summed E-state index contributed by atoms with van der Waals surface area (Å²) in [5.74, 6) is -1.41. The number of hydrogen-bond acceptors (Lipinski definition) is 3. The van der Waals surface area contributed by atoms with Crippen molar-refractivity contribution in [1.82, 2.24) is 4.72 Å². The molecule has 0 aromatic carbocycles. The van der Waals surface area contributed by atoms with E-state index in [9.17, 15) is 13.2 Å². The SMILES string of the molecule is CCC(C)CS(=O)(=O)NC(C(=O)O)C(C)C. The number of aliphatic carboxylic acids is 1. The third-order valence-corrected chi connectivity index (χ3v) is 4.06. The Kier molecular flexibility index (Phi) is 5.96. The smallest absolute Gasteiger partial charge is 0.321 e. The normalized spacial score (nSPS) is 16.1. The van der Waals surface area contributed by atoms with E-state index in [0.29, 0.717) is 0 Å². The summed E-state index contributed by atoms with van der Waals surface area (Å²) >= 11 is 0. The lowest BCUT2D eigenvalue weighted by atomic mass is 10.1. The zero-order valence-corrected chi connectivity index (χ0v) is 11.0. The van der Waals surface area contributed by atoms with Crippen LogP contribution < -0.4 is 4.72 Å². The average molecular weight is 251 g/mol. The number of carboxylic acids is 1. The van der Waals surface area contributed by atoms with E-state index >= 15 is 0 Å². The van der Waals surface area contributed by atoms with E-state index in [1.165, 1.54) is 0 Å². The first-order valence-corrected chi connectivity index (χ1v) is 7.07. The van der Waals surface area contributed by atoms with Gasteiger partial charge in [-0.1, -0.05) is 34.1 Å². The molecule has 2 unspecified atom stereocenters. The standard InChI is InChI=1S/C10H21NO4S/c1-5-8(4)6-16(14,15)11-9(7(2)3)10(12)13/h7-9,11H,5-6H2,1-4H3,(H,12,13). The van der Waals surface area contributed by atoms with Crippen molar-refractivity contribution in [2.45, 2.75) is 40.2 Å². The van der Waals surface area contributed by atoms with E-state index in [1.54, 1.807) is 13.8 Å². The molecule has 0 aliphatic rings. The van der Waals surface area contributed by atoms with Gasteiger partial charge >= 0.3 is 5.97 Å². The maximum absolute atomic E-state index is 11.6. The van der Waals surface area contributed by atoms with Crippen LogP contribution in [0.1, 0.15) is 34.1 Å². The number of nitrogens with one attached hydrogen (secondary N) is 1. The van der Waals surface area contributed by atoms with Crippen LogP contribution in [0.5, 0.6) is 0 Å². The van der Waals surface area contributed by atoms with E-state index in [-0.39, 0.29) is 17.6 Å². The van der Waals surface area contributed by atoms with Gasteiger partial charge in [0.25, 0.3) is 0 Å². The Morgan fingerprint density at radius 1 is 1.31 bits per heavy atom. The van der Waals surface area contributed by atoms with Gasteiger partial charge < -0.3 is 5.11 Å². The van der Waals surface area contributed by atoms with E-state index in [4.69, 9.17) is 5.11 Å². The molecule has 0 fully saturated rings. The van der Waals surface area contributed by atoms with Gasteiger partial charge in [-0.15, -0.1) is 0 Å². The van der Waals surface area contributed by atoms with Gasteiger partial charge in [0.15, 0.2) is 0 Å². The Labute approximate surface area is 97.3 Å². The third-order valence-electron chi connectivity index (χ3n) is 2.44. The number of hydrogen-bond donors (Lipinski definition) is 2. The molecule has 6 heteroatoms. The van der Waals surface area contributed by atoms with Crippen molar-refractivity contribution in [3.05, 3.63) is 0 Å². The maximum Gasteiger partial charge on any atom is 0.321 e. The van der Waals surface area contributed by atoms with Crippen molar-refractivity contribution in [1.29, 1.82) is 0 Å². The van der Waals surface area contributed by atoms with E-state index in [1.807, 2.05) is 13.8 Å². The Morgan fingerprint density at radius 2 is 1.81 bits per heavy atom. The first-order valence-electron chi connectivity index (χ1n) is 5.42. The minimum Gasteiger partial charge on any atom is -0.480 e. The predicted molar refractivity (Wildman–Crippen MR) is 62.6 cm³/mol. The molecule has 0 radical (unpaired) electrons. The van der Waals surface area contributed by atoms with Crippen LogP contribution in [0.2, 0.25) is 0 Å². The van der Waals surface area contributed by atoms with Crippen molar-refractivity contribution < 1.29 is 18.3 Å². The second-order valence-corrected chi connectivity index (χ2v) is 6.27. The average Bonchev–Trinajstić information content (AvgIpc) is 2.12. The van der Waals surface area contributed by atoms with Crippen LogP contribution >= 0.6 is 0 Å². The van der Waals surface area contributed by atoms with E-state index in [2.05, 4.69) is 4.72 Å². The van der Waals surface area contributed by atoms with Crippen LogP contribution in [0.25, 0.3) is 0 Å². The highest BCUT2D eigenvalue weighted by Crippen LogP contribution is 2.08. The van der Waals surface area contributed by atoms with Gasteiger partial charge in [-0.25, -0.2) is 13.1 Å². The molecule has 0 heterocycles. The number of sulfonamides is 1. The highest BCUT2D eigenvalue weighted by Gasteiger charge is 2.27. The van der Waals surface area contributed by atoms with Gasteiger partial charge in [0.05, 0.1) is 5.75 Å². The summed E-state index contributed by atoms with van der Waals surface area (Å²) in [5, 5.41) is 8.87. The minimum atomic E-state index is -3.51. The van der Waals surface area contributed by atoms with Crippen molar-refractivity contribution in [3.63, 3.8) is 0 Å². The van der Waals surface area contributed by atoms with Crippen molar-refractivity contribution >= 4 is 16.0 Å². The fourth-order valence-corrected chi connectivity index (χ4v) is 3.05. The molecule has 16 heavy (non-hydrogen) atoms. The van der Waals surface area contributed by atoms with E-state index in [0.717, 1.165) is 6.42 Å². The fraction of sp³-hybridized carbons (Fsp3) is 0.900. The molecule has 5 nitrogen and oxygen atoms in total. The van der Waals surface area contributed by atoms with E-state index < -0.39 is 22.0 Å². The topological polar surface area (TPSA) is 83.5 Å². The molecule has 0 aliphatic carbocycles. The Hall–Kier alpha value is -0.620. The second-order valence-electron chi connectivity index (χ2n) is 4.47.